The Hall–Kier alpha value is -1.16. The highest BCUT2D eigenvalue weighted by atomic mass is 16.3. The van der Waals surface area contributed by atoms with Crippen molar-refractivity contribution in [1.29, 1.82) is 0 Å². The van der Waals surface area contributed by atoms with Crippen molar-refractivity contribution in [3.05, 3.63) is 17.6 Å². The predicted octanol–water partition coefficient (Wildman–Crippen LogP) is 0.926. The predicted molar refractivity (Wildman–Crippen MR) is 61.5 cm³/mol. The molecule has 1 fully saturated rings. The molecule has 1 N–H and O–H groups in total. The van der Waals surface area contributed by atoms with E-state index in [9.17, 15) is 5.11 Å². The van der Waals surface area contributed by atoms with E-state index < -0.39 is 0 Å². The molecular weight excluding hydrogens is 202 g/mol. The lowest BCUT2D eigenvalue weighted by Crippen LogP contribution is -2.51. The number of hydrogen-bond donors (Lipinski definition) is 1. The fourth-order valence-electron chi connectivity index (χ4n) is 2.58. The summed E-state index contributed by atoms with van der Waals surface area (Å²) in [7, 11) is 0. The van der Waals surface area contributed by atoms with Crippen LogP contribution in [-0.2, 0) is 12.8 Å². The third-order valence-corrected chi connectivity index (χ3v) is 3.51. The largest absolute Gasteiger partial charge is 0.389 e. The maximum atomic E-state index is 9.35. The first-order valence-electron chi connectivity index (χ1n) is 6.10. The zero-order chi connectivity index (χ0) is 11.0. The summed E-state index contributed by atoms with van der Waals surface area (Å²) in [5.41, 5.74) is 2.55. The summed E-state index contributed by atoms with van der Waals surface area (Å²) in [4.78, 5) is 11.0. The molecule has 1 aliphatic heterocycles. The molecule has 0 radical (unpaired) electrons. The van der Waals surface area contributed by atoms with Gasteiger partial charge in [0.05, 0.1) is 6.10 Å². The summed E-state index contributed by atoms with van der Waals surface area (Å²) in [5.74, 6) is 1.07. The van der Waals surface area contributed by atoms with Gasteiger partial charge in [0.1, 0.15) is 12.1 Å². The van der Waals surface area contributed by atoms with Crippen molar-refractivity contribution in [2.45, 2.75) is 38.2 Å². The van der Waals surface area contributed by atoms with Gasteiger partial charge in [-0.25, -0.2) is 9.97 Å². The summed E-state index contributed by atoms with van der Waals surface area (Å²) in [5, 5.41) is 9.35. The zero-order valence-electron chi connectivity index (χ0n) is 9.39. The van der Waals surface area contributed by atoms with Crippen LogP contribution >= 0.6 is 0 Å². The van der Waals surface area contributed by atoms with Crippen LogP contribution in [0, 0.1) is 0 Å². The first kappa shape index (κ1) is 10.0. The Kier molecular flexibility index (Phi) is 2.52. The van der Waals surface area contributed by atoms with Crippen molar-refractivity contribution in [3.8, 4) is 0 Å². The van der Waals surface area contributed by atoms with Gasteiger partial charge in [0.2, 0.25) is 0 Å². The monoisotopic (exact) mass is 219 g/mol. The number of aromatic nitrogens is 2. The fraction of sp³-hybridized carbons (Fsp3) is 0.667. The molecule has 0 amide bonds. The highest BCUT2D eigenvalue weighted by Gasteiger charge is 2.28. The molecule has 0 aromatic carbocycles. The van der Waals surface area contributed by atoms with Crippen LogP contribution in [0.4, 0.5) is 5.82 Å². The molecule has 2 heterocycles. The van der Waals surface area contributed by atoms with E-state index in [0.717, 1.165) is 31.7 Å². The molecule has 16 heavy (non-hydrogen) atoms. The highest BCUT2D eigenvalue weighted by Crippen LogP contribution is 2.28. The maximum absolute atomic E-state index is 9.35. The van der Waals surface area contributed by atoms with E-state index in [0.29, 0.717) is 0 Å². The van der Waals surface area contributed by atoms with E-state index in [-0.39, 0.29) is 6.10 Å². The number of aryl methyl sites for hydroxylation is 1. The zero-order valence-corrected chi connectivity index (χ0v) is 9.39. The summed E-state index contributed by atoms with van der Waals surface area (Å²) < 4.78 is 0. The first-order valence-corrected chi connectivity index (χ1v) is 6.10. The standard InChI is InChI=1S/C12H17N3O/c16-9-6-15(7-9)12-10-4-2-1-3-5-11(10)13-8-14-12/h8-9,16H,1-7H2. The average Bonchev–Trinajstić information content (AvgIpc) is 2.49. The third-order valence-electron chi connectivity index (χ3n) is 3.51. The molecule has 4 nitrogen and oxygen atoms in total. The van der Waals surface area contributed by atoms with Gasteiger partial charge in [-0.2, -0.15) is 0 Å². The Morgan fingerprint density at radius 1 is 1.12 bits per heavy atom. The molecular formula is C12H17N3O. The molecule has 2 aliphatic rings. The normalized spacial score (nSPS) is 21.2. The van der Waals surface area contributed by atoms with Gasteiger partial charge < -0.3 is 10.0 Å². The minimum absolute atomic E-state index is 0.170. The van der Waals surface area contributed by atoms with Gasteiger partial charge in [-0.1, -0.05) is 6.42 Å². The van der Waals surface area contributed by atoms with Gasteiger partial charge in [-0.05, 0) is 25.7 Å². The van der Waals surface area contributed by atoms with Crippen molar-refractivity contribution >= 4 is 5.82 Å². The molecule has 1 aromatic rings. The number of rotatable bonds is 1. The summed E-state index contributed by atoms with van der Waals surface area (Å²) in [6.45, 7) is 1.45. The maximum Gasteiger partial charge on any atom is 0.135 e. The van der Waals surface area contributed by atoms with E-state index in [1.165, 1.54) is 30.5 Å². The lowest BCUT2D eigenvalue weighted by atomic mass is 10.1. The van der Waals surface area contributed by atoms with E-state index >= 15 is 0 Å². The summed E-state index contributed by atoms with van der Waals surface area (Å²) in [6.07, 6.45) is 7.45. The second kappa shape index (κ2) is 4.01. The number of anilines is 1. The summed E-state index contributed by atoms with van der Waals surface area (Å²) in [6, 6.07) is 0. The van der Waals surface area contributed by atoms with Gasteiger partial charge in [0.15, 0.2) is 0 Å². The molecule has 0 saturated carbocycles. The van der Waals surface area contributed by atoms with Gasteiger partial charge >= 0.3 is 0 Å². The Morgan fingerprint density at radius 3 is 2.75 bits per heavy atom. The van der Waals surface area contributed by atoms with E-state index in [1.54, 1.807) is 6.33 Å². The van der Waals surface area contributed by atoms with Gasteiger partial charge in [0.25, 0.3) is 0 Å². The summed E-state index contributed by atoms with van der Waals surface area (Å²) >= 11 is 0. The van der Waals surface area contributed by atoms with Crippen molar-refractivity contribution < 1.29 is 5.11 Å². The van der Waals surface area contributed by atoms with Crippen LogP contribution in [0.25, 0.3) is 0 Å². The second-order valence-electron chi connectivity index (χ2n) is 4.74. The SMILES string of the molecule is OC1CN(c2ncnc3c2CCCCC3)C1. The minimum atomic E-state index is -0.170. The number of nitrogens with zero attached hydrogens (tertiary/aromatic N) is 3. The van der Waals surface area contributed by atoms with Gasteiger partial charge in [0, 0.05) is 24.3 Å². The van der Waals surface area contributed by atoms with Gasteiger partial charge in [-0.15, -0.1) is 0 Å². The van der Waals surface area contributed by atoms with Crippen LogP contribution in [0.3, 0.4) is 0 Å². The number of aliphatic hydroxyl groups excluding tert-OH is 1. The molecule has 0 atom stereocenters. The lowest BCUT2D eigenvalue weighted by molar-refractivity contribution is 0.141. The molecule has 1 aliphatic carbocycles. The molecule has 0 unspecified atom stereocenters. The van der Waals surface area contributed by atoms with Crippen molar-refractivity contribution in [2.75, 3.05) is 18.0 Å². The van der Waals surface area contributed by atoms with E-state index in [4.69, 9.17) is 0 Å². The molecule has 3 rings (SSSR count). The number of hydrogen-bond acceptors (Lipinski definition) is 4. The number of aliphatic hydroxyl groups is 1. The quantitative estimate of drug-likeness (QED) is 0.714. The van der Waals surface area contributed by atoms with Gasteiger partial charge in [-0.3, -0.25) is 0 Å². The van der Waals surface area contributed by atoms with Crippen LogP contribution < -0.4 is 4.90 Å². The average molecular weight is 219 g/mol. The van der Waals surface area contributed by atoms with Crippen LogP contribution in [0.2, 0.25) is 0 Å². The lowest BCUT2D eigenvalue weighted by Gasteiger charge is -2.38. The Balaban J connectivity index is 1.92. The van der Waals surface area contributed by atoms with Crippen LogP contribution in [0.15, 0.2) is 6.33 Å². The Labute approximate surface area is 95.3 Å². The van der Waals surface area contributed by atoms with E-state index in [2.05, 4.69) is 14.9 Å². The topological polar surface area (TPSA) is 49.2 Å². The minimum Gasteiger partial charge on any atom is -0.389 e. The van der Waals surface area contributed by atoms with Crippen LogP contribution in [-0.4, -0.2) is 34.3 Å². The molecule has 4 heteroatoms. The second-order valence-corrected chi connectivity index (χ2v) is 4.74. The Bertz CT molecular complexity index is 388. The van der Waals surface area contributed by atoms with Crippen LogP contribution in [0.1, 0.15) is 30.5 Å². The molecule has 1 saturated heterocycles. The smallest absolute Gasteiger partial charge is 0.135 e. The first-order chi connectivity index (χ1) is 7.84. The van der Waals surface area contributed by atoms with E-state index in [1.807, 2.05) is 0 Å². The highest BCUT2D eigenvalue weighted by molar-refractivity contribution is 5.51. The van der Waals surface area contributed by atoms with Crippen molar-refractivity contribution in [3.63, 3.8) is 0 Å². The number of β-amino-alcohol motifs (C(OH)–C–C–N with tert-alkyl or cyclic N) is 1. The van der Waals surface area contributed by atoms with Crippen LogP contribution in [0.5, 0.6) is 0 Å². The Morgan fingerprint density at radius 2 is 1.94 bits per heavy atom. The third kappa shape index (κ3) is 1.67. The van der Waals surface area contributed by atoms with Crippen molar-refractivity contribution in [2.24, 2.45) is 0 Å². The number of fused-ring (bicyclic) bond motifs is 1. The molecule has 1 aromatic heterocycles. The molecule has 0 bridgehead atoms. The fourth-order valence-corrected chi connectivity index (χ4v) is 2.58. The molecule has 0 spiro atoms. The van der Waals surface area contributed by atoms with Crippen molar-refractivity contribution in [1.82, 2.24) is 9.97 Å². The molecule has 86 valence electrons.